The Morgan fingerprint density at radius 3 is 2.42 bits per heavy atom. The molecule has 24 heavy (non-hydrogen) atoms. The Morgan fingerprint density at radius 2 is 1.83 bits per heavy atom. The maximum Gasteiger partial charge on any atom is 0.339 e. The molecule has 1 aromatic heterocycles. The zero-order valence-corrected chi connectivity index (χ0v) is 14.3. The highest BCUT2D eigenvalue weighted by atomic mass is 16.5. The van der Waals surface area contributed by atoms with Crippen molar-refractivity contribution in [3.05, 3.63) is 42.5 Å². The van der Waals surface area contributed by atoms with Gasteiger partial charge in [-0.05, 0) is 44.3 Å². The topological polar surface area (TPSA) is 60.2 Å². The zero-order valence-electron chi connectivity index (χ0n) is 14.3. The fourth-order valence-corrected chi connectivity index (χ4v) is 2.11. The Hall–Kier alpha value is -2.65. The maximum absolute atomic E-state index is 12.1. The molecule has 0 bridgehead atoms. The van der Waals surface area contributed by atoms with E-state index >= 15 is 0 Å². The standard InChI is InChI=1S/C18H22N4O2/c1-4-21(5-2)12-6-7-15(3)24-18(23)16-8-10-17(11-9-16)22-13-19-20-14-22/h8-11,13-15H,4-5,12H2,1-3H3/t15-/m0/s1. The van der Waals surface area contributed by atoms with Gasteiger partial charge >= 0.3 is 5.97 Å². The molecular formula is C18H22N4O2. The van der Waals surface area contributed by atoms with Gasteiger partial charge in [0, 0.05) is 5.69 Å². The molecule has 1 aromatic carbocycles. The van der Waals surface area contributed by atoms with Crippen LogP contribution in [0.1, 0.15) is 31.1 Å². The van der Waals surface area contributed by atoms with Crippen molar-refractivity contribution >= 4 is 5.97 Å². The fraction of sp³-hybridized carbons (Fsp3) is 0.389. The van der Waals surface area contributed by atoms with Crippen molar-refractivity contribution in [2.24, 2.45) is 0 Å². The van der Waals surface area contributed by atoms with Crippen molar-refractivity contribution in [1.29, 1.82) is 0 Å². The van der Waals surface area contributed by atoms with Crippen LogP contribution in [0.3, 0.4) is 0 Å². The van der Waals surface area contributed by atoms with Gasteiger partial charge in [0.1, 0.15) is 12.7 Å². The second kappa shape index (κ2) is 8.85. The molecule has 0 aliphatic carbocycles. The van der Waals surface area contributed by atoms with Crippen LogP contribution in [-0.2, 0) is 4.74 Å². The lowest BCUT2D eigenvalue weighted by Gasteiger charge is -2.13. The van der Waals surface area contributed by atoms with Crippen LogP contribution in [0.5, 0.6) is 0 Å². The van der Waals surface area contributed by atoms with Gasteiger partial charge in [0.05, 0.1) is 12.1 Å². The molecule has 6 heteroatoms. The SMILES string of the molecule is CCN(CC)CC#C[C@H](C)OC(=O)c1ccc(-n2cnnc2)cc1. The predicted octanol–water partition coefficient (Wildman–Crippen LogP) is 2.16. The Morgan fingerprint density at radius 1 is 1.21 bits per heavy atom. The van der Waals surface area contributed by atoms with Crippen LogP contribution in [-0.4, -0.2) is 51.4 Å². The lowest BCUT2D eigenvalue weighted by molar-refractivity contribution is 0.0438. The summed E-state index contributed by atoms with van der Waals surface area (Å²) < 4.78 is 7.11. The second-order valence-electron chi connectivity index (χ2n) is 5.25. The zero-order chi connectivity index (χ0) is 17.4. The van der Waals surface area contributed by atoms with Gasteiger partial charge in [0.2, 0.25) is 0 Å². The summed E-state index contributed by atoms with van der Waals surface area (Å²) in [6, 6.07) is 7.06. The number of esters is 1. The van der Waals surface area contributed by atoms with Gasteiger partial charge < -0.3 is 4.74 Å². The minimum absolute atomic E-state index is 0.380. The van der Waals surface area contributed by atoms with Crippen molar-refractivity contribution in [3.63, 3.8) is 0 Å². The van der Waals surface area contributed by atoms with E-state index in [1.54, 1.807) is 36.3 Å². The predicted molar refractivity (Wildman–Crippen MR) is 91.8 cm³/mol. The Labute approximate surface area is 142 Å². The Bertz CT molecular complexity index is 695. The average molecular weight is 326 g/mol. The van der Waals surface area contributed by atoms with E-state index in [9.17, 15) is 4.79 Å². The molecule has 2 aromatic rings. The van der Waals surface area contributed by atoms with Gasteiger partial charge in [-0.1, -0.05) is 25.7 Å². The number of benzene rings is 1. The Balaban J connectivity index is 1.91. The first-order valence-corrected chi connectivity index (χ1v) is 8.00. The molecule has 0 N–H and O–H groups in total. The number of ether oxygens (including phenoxy) is 1. The molecule has 0 radical (unpaired) electrons. The normalized spacial score (nSPS) is 11.7. The summed E-state index contributed by atoms with van der Waals surface area (Å²) >= 11 is 0. The molecule has 0 fully saturated rings. The van der Waals surface area contributed by atoms with Crippen LogP contribution in [0.15, 0.2) is 36.9 Å². The van der Waals surface area contributed by atoms with Crippen LogP contribution >= 0.6 is 0 Å². The third-order valence-electron chi connectivity index (χ3n) is 3.61. The first kappa shape index (κ1) is 17.7. The number of carbonyl (C=O) groups excluding carboxylic acids is 1. The number of nitrogens with zero attached hydrogens (tertiary/aromatic N) is 4. The molecule has 1 atom stereocenters. The maximum atomic E-state index is 12.1. The van der Waals surface area contributed by atoms with Gasteiger partial charge in [-0.3, -0.25) is 9.47 Å². The van der Waals surface area contributed by atoms with Gasteiger partial charge in [0.15, 0.2) is 6.10 Å². The molecule has 0 spiro atoms. The largest absolute Gasteiger partial charge is 0.446 e. The average Bonchev–Trinajstić information content (AvgIpc) is 3.13. The summed E-state index contributed by atoms with van der Waals surface area (Å²) in [5.41, 5.74) is 1.37. The van der Waals surface area contributed by atoms with Gasteiger partial charge in [-0.15, -0.1) is 10.2 Å². The van der Waals surface area contributed by atoms with Crippen LogP contribution in [0.4, 0.5) is 0 Å². The lowest BCUT2D eigenvalue weighted by atomic mass is 10.2. The van der Waals surface area contributed by atoms with E-state index in [0.29, 0.717) is 12.1 Å². The quantitative estimate of drug-likeness (QED) is 0.601. The summed E-state index contributed by atoms with van der Waals surface area (Å²) in [4.78, 5) is 14.3. The highest BCUT2D eigenvalue weighted by Crippen LogP contribution is 2.10. The van der Waals surface area contributed by atoms with Crippen molar-refractivity contribution in [2.45, 2.75) is 26.9 Å². The molecule has 0 amide bonds. The van der Waals surface area contributed by atoms with E-state index in [-0.39, 0.29) is 5.97 Å². The lowest BCUT2D eigenvalue weighted by Crippen LogP contribution is -2.23. The highest BCUT2D eigenvalue weighted by molar-refractivity contribution is 5.89. The van der Waals surface area contributed by atoms with Crippen LogP contribution < -0.4 is 0 Å². The van der Waals surface area contributed by atoms with E-state index in [2.05, 4.69) is 40.8 Å². The van der Waals surface area contributed by atoms with Crippen LogP contribution in [0.25, 0.3) is 5.69 Å². The third kappa shape index (κ3) is 4.93. The summed E-state index contributed by atoms with van der Waals surface area (Å²) in [7, 11) is 0. The van der Waals surface area contributed by atoms with Crippen molar-refractivity contribution in [2.75, 3.05) is 19.6 Å². The van der Waals surface area contributed by atoms with Crippen molar-refractivity contribution < 1.29 is 9.53 Å². The van der Waals surface area contributed by atoms with Crippen molar-refractivity contribution in [3.8, 4) is 17.5 Å². The molecule has 0 saturated carbocycles. The molecule has 0 aliphatic heterocycles. The molecule has 126 valence electrons. The van der Waals surface area contributed by atoms with E-state index in [1.165, 1.54) is 0 Å². The molecule has 0 aliphatic rings. The molecule has 0 unspecified atom stereocenters. The number of rotatable bonds is 6. The van der Waals surface area contributed by atoms with E-state index in [1.807, 2.05) is 12.1 Å². The summed E-state index contributed by atoms with van der Waals surface area (Å²) in [5.74, 6) is 5.63. The van der Waals surface area contributed by atoms with Gasteiger partial charge in [-0.2, -0.15) is 0 Å². The molecule has 6 nitrogen and oxygen atoms in total. The second-order valence-corrected chi connectivity index (χ2v) is 5.25. The first-order valence-electron chi connectivity index (χ1n) is 8.00. The Kier molecular flexibility index (Phi) is 6.52. The number of carbonyl (C=O) groups is 1. The molecule has 2 rings (SSSR count). The summed E-state index contributed by atoms with van der Waals surface area (Å²) in [6.45, 7) is 8.56. The van der Waals surface area contributed by atoms with Gasteiger partial charge in [-0.25, -0.2) is 4.79 Å². The monoisotopic (exact) mass is 326 g/mol. The highest BCUT2D eigenvalue weighted by Gasteiger charge is 2.10. The van der Waals surface area contributed by atoms with Crippen LogP contribution in [0.2, 0.25) is 0 Å². The number of hydrogen-bond acceptors (Lipinski definition) is 5. The first-order chi connectivity index (χ1) is 11.6. The number of aromatic nitrogens is 3. The third-order valence-corrected chi connectivity index (χ3v) is 3.61. The molecular weight excluding hydrogens is 304 g/mol. The summed E-state index contributed by atoms with van der Waals surface area (Å²) in [5, 5.41) is 7.50. The molecule has 0 saturated heterocycles. The van der Waals surface area contributed by atoms with Crippen molar-refractivity contribution in [1.82, 2.24) is 19.7 Å². The van der Waals surface area contributed by atoms with Crippen LogP contribution in [0, 0.1) is 11.8 Å². The molecule has 1 heterocycles. The minimum Gasteiger partial charge on any atom is -0.446 e. The fourth-order valence-electron chi connectivity index (χ4n) is 2.11. The van der Waals surface area contributed by atoms with E-state index in [0.717, 1.165) is 18.8 Å². The smallest absolute Gasteiger partial charge is 0.339 e. The summed E-state index contributed by atoms with van der Waals surface area (Å²) in [6.07, 6.45) is 2.76. The van der Waals surface area contributed by atoms with E-state index in [4.69, 9.17) is 4.74 Å². The van der Waals surface area contributed by atoms with Gasteiger partial charge in [0.25, 0.3) is 0 Å². The minimum atomic E-state index is -0.439. The number of hydrogen-bond donors (Lipinski definition) is 0. The van der Waals surface area contributed by atoms with E-state index < -0.39 is 6.10 Å².